The second-order valence-corrected chi connectivity index (χ2v) is 8.14. The highest BCUT2D eigenvalue weighted by atomic mass is 19.4. The van der Waals surface area contributed by atoms with Crippen molar-refractivity contribution in [2.24, 2.45) is 5.73 Å². The third kappa shape index (κ3) is 7.05. The predicted molar refractivity (Wildman–Crippen MR) is 122 cm³/mol. The summed E-state index contributed by atoms with van der Waals surface area (Å²) in [6, 6.07) is 9.83. The van der Waals surface area contributed by atoms with Crippen molar-refractivity contribution in [1.29, 1.82) is 0 Å². The molecule has 0 fully saturated rings. The van der Waals surface area contributed by atoms with Gasteiger partial charge in [-0.2, -0.15) is 13.2 Å². The first-order valence-corrected chi connectivity index (χ1v) is 10.7. The summed E-state index contributed by atoms with van der Waals surface area (Å²) in [5.74, 6) is -2.30. The van der Waals surface area contributed by atoms with Gasteiger partial charge in [-0.25, -0.2) is 0 Å². The van der Waals surface area contributed by atoms with E-state index in [4.69, 9.17) is 5.73 Å². The summed E-state index contributed by atoms with van der Waals surface area (Å²) in [6.45, 7) is 5.61. The number of nitrogens with two attached hydrogens (primary N) is 1. The molecular weight excluding hydrogens is 449 g/mol. The van der Waals surface area contributed by atoms with E-state index in [0.717, 1.165) is 28.8 Å². The molecule has 0 radical (unpaired) electrons. The van der Waals surface area contributed by atoms with Crippen molar-refractivity contribution in [2.75, 3.05) is 13.1 Å². The minimum absolute atomic E-state index is 0.0550. The van der Waals surface area contributed by atoms with Gasteiger partial charge < -0.3 is 21.7 Å². The van der Waals surface area contributed by atoms with Crippen LogP contribution in [0.3, 0.4) is 0 Å². The number of primary amides is 1. The van der Waals surface area contributed by atoms with Crippen LogP contribution in [0.5, 0.6) is 0 Å². The van der Waals surface area contributed by atoms with Gasteiger partial charge in [0.1, 0.15) is 5.54 Å². The number of benzene rings is 2. The van der Waals surface area contributed by atoms with Crippen LogP contribution in [0, 0.1) is 13.8 Å². The monoisotopic (exact) mass is 478 g/mol. The Kier molecular flexibility index (Phi) is 8.80. The molecule has 2 rings (SSSR count). The molecule has 10 heteroatoms. The molecule has 0 aliphatic carbocycles. The number of amides is 3. The molecule has 1 atom stereocenters. The summed E-state index contributed by atoms with van der Waals surface area (Å²) >= 11 is 0. The van der Waals surface area contributed by atoms with E-state index in [9.17, 15) is 27.6 Å². The van der Waals surface area contributed by atoms with E-state index in [0.29, 0.717) is 12.6 Å². The van der Waals surface area contributed by atoms with Gasteiger partial charge in [0.15, 0.2) is 0 Å². The zero-order valence-corrected chi connectivity index (χ0v) is 19.3. The molecule has 0 saturated heterocycles. The molecule has 0 aromatic heterocycles. The maximum atomic E-state index is 12.9. The summed E-state index contributed by atoms with van der Waals surface area (Å²) in [4.78, 5) is 36.9. The van der Waals surface area contributed by atoms with Crippen LogP contribution in [-0.2, 0) is 22.3 Å². The van der Waals surface area contributed by atoms with Crippen LogP contribution in [0.25, 0.3) is 0 Å². The van der Waals surface area contributed by atoms with Gasteiger partial charge >= 0.3 is 6.18 Å². The quantitative estimate of drug-likeness (QED) is 0.420. The third-order valence-corrected chi connectivity index (χ3v) is 5.56. The Morgan fingerprint density at radius 1 is 1.03 bits per heavy atom. The Bertz CT molecular complexity index is 1060. The number of alkyl halides is 3. The van der Waals surface area contributed by atoms with Gasteiger partial charge in [-0.1, -0.05) is 36.8 Å². The zero-order valence-electron chi connectivity index (χ0n) is 19.3. The van der Waals surface area contributed by atoms with E-state index in [1.165, 1.54) is 6.07 Å². The van der Waals surface area contributed by atoms with Gasteiger partial charge in [-0.3, -0.25) is 14.4 Å². The highest BCUT2D eigenvalue weighted by Crippen LogP contribution is 2.29. The zero-order chi connectivity index (χ0) is 25.5. The van der Waals surface area contributed by atoms with Crippen molar-refractivity contribution >= 4 is 17.7 Å². The summed E-state index contributed by atoms with van der Waals surface area (Å²) in [5, 5.41) is 7.97. The van der Waals surface area contributed by atoms with E-state index < -0.39 is 41.5 Å². The maximum absolute atomic E-state index is 12.9. The first-order chi connectivity index (χ1) is 15.9. The van der Waals surface area contributed by atoms with Crippen molar-refractivity contribution in [2.45, 2.75) is 45.5 Å². The number of carbonyl (C=O) groups is 3. The molecule has 1 unspecified atom stereocenters. The number of halogens is 3. The molecule has 2 aromatic carbocycles. The fourth-order valence-corrected chi connectivity index (χ4v) is 3.45. The first kappa shape index (κ1) is 26.8. The molecule has 0 saturated carbocycles. The van der Waals surface area contributed by atoms with Gasteiger partial charge in [-0.05, 0) is 49.6 Å². The number of rotatable bonds is 10. The predicted octanol–water partition coefficient (Wildman–Crippen LogP) is 2.59. The molecule has 7 nitrogen and oxygen atoms in total. The standard InChI is InChI=1S/C24H29F3N4O3/c1-4-23(22(28)34,14-29-12-18-9-8-15(2)10-16(18)3)31-20(32)13-30-21(33)17-6-5-7-19(11-17)24(25,26)27/h5-11,29H,4,12-14H2,1-3H3,(H2,28,34)(H,30,33)(H,31,32). The summed E-state index contributed by atoms with van der Waals surface area (Å²) < 4.78 is 38.6. The molecule has 5 N–H and O–H groups in total. The molecule has 0 bridgehead atoms. The van der Waals surface area contributed by atoms with Crippen molar-refractivity contribution < 1.29 is 27.6 Å². The molecule has 3 amide bonds. The van der Waals surface area contributed by atoms with Crippen molar-refractivity contribution in [3.05, 3.63) is 70.3 Å². The Balaban J connectivity index is 1.99. The number of nitrogens with one attached hydrogen (secondary N) is 3. The second kappa shape index (κ2) is 11.1. The fourth-order valence-electron chi connectivity index (χ4n) is 3.45. The highest BCUT2D eigenvalue weighted by Gasteiger charge is 2.36. The van der Waals surface area contributed by atoms with E-state index >= 15 is 0 Å². The average molecular weight is 479 g/mol. The van der Waals surface area contributed by atoms with Gasteiger partial charge in [0, 0.05) is 18.7 Å². The van der Waals surface area contributed by atoms with Crippen molar-refractivity contribution in [3.8, 4) is 0 Å². The third-order valence-electron chi connectivity index (χ3n) is 5.56. The normalized spacial score (nSPS) is 13.1. The minimum atomic E-state index is -4.60. The lowest BCUT2D eigenvalue weighted by Gasteiger charge is -2.31. The summed E-state index contributed by atoms with van der Waals surface area (Å²) in [5.41, 5.74) is 6.19. The van der Waals surface area contributed by atoms with Gasteiger partial charge in [-0.15, -0.1) is 0 Å². The molecule has 2 aromatic rings. The van der Waals surface area contributed by atoms with E-state index in [1.807, 2.05) is 32.0 Å². The van der Waals surface area contributed by atoms with Crippen LogP contribution in [0.15, 0.2) is 42.5 Å². The smallest absolute Gasteiger partial charge is 0.368 e. The second-order valence-electron chi connectivity index (χ2n) is 8.14. The first-order valence-electron chi connectivity index (χ1n) is 10.7. The van der Waals surface area contributed by atoms with Gasteiger partial charge in [0.2, 0.25) is 11.8 Å². The molecule has 0 aliphatic rings. The molecule has 34 heavy (non-hydrogen) atoms. The topological polar surface area (TPSA) is 113 Å². The highest BCUT2D eigenvalue weighted by molar-refractivity contribution is 5.97. The van der Waals surface area contributed by atoms with Gasteiger partial charge in [0.25, 0.3) is 5.91 Å². The summed E-state index contributed by atoms with van der Waals surface area (Å²) in [7, 11) is 0. The number of carbonyl (C=O) groups excluding carboxylic acids is 3. The largest absolute Gasteiger partial charge is 0.416 e. The molecule has 184 valence electrons. The lowest BCUT2D eigenvalue weighted by molar-refractivity contribution is -0.137. The Labute approximate surface area is 196 Å². The van der Waals surface area contributed by atoms with Crippen LogP contribution in [0.2, 0.25) is 0 Å². The molecule has 0 aliphatic heterocycles. The maximum Gasteiger partial charge on any atom is 0.416 e. The van der Waals surface area contributed by atoms with Crippen LogP contribution in [0.1, 0.15) is 46.0 Å². The van der Waals surface area contributed by atoms with Crippen LogP contribution >= 0.6 is 0 Å². The van der Waals surface area contributed by atoms with E-state index in [2.05, 4.69) is 16.0 Å². The van der Waals surface area contributed by atoms with Crippen LogP contribution in [0.4, 0.5) is 13.2 Å². The number of aryl methyl sites for hydroxylation is 2. The Morgan fingerprint density at radius 3 is 2.32 bits per heavy atom. The number of hydrogen-bond acceptors (Lipinski definition) is 4. The van der Waals surface area contributed by atoms with Crippen LogP contribution < -0.4 is 21.7 Å². The number of hydrogen-bond donors (Lipinski definition) is 4. The Hall–Kier alpha value is -3.40. The van der Waals surface area contributed by atoms with Gasteiger partial charge in [0.05, 0.1) is 12.1 Å². The molecular formula is C24H29F3N4O3. The summed E-state index contributed by atoms with van der Waals surface area (Å²) in [6.07, 6.45) is -4.41. The Morgan fingerprint density at radius 2 is 1.74 bits per heavy atom. The lowest BCUT2D eigenvalue weighted by Crippen LogP contribution is -2.63. The minimum Gasteiger partial charge on any atom is -0.368 e. The average Bonchev–Trinajstić information content (AvgIpc) is 2.77. The molecule has 0 heterocycles. The lowest BCUT2D eigenvalue weighted by atomic mass is 9.94. The van der Waals surface area contributed by atoms with Crippen molar-refractivity contribution in [1.82, 2.24) is 16.0 Å². The van der Waals surface area contributed by atoms with Crippen LogP contribution in [-0.4, -0.2) is 36.3 Å². The molecule has 0 spiro atoms. The van der Waals surface area contributed by atoms with E-state index in [1.54, 1.807) is 6.92 Å². The van der Waals surface area contributed by atoms with Crippen molar-refractivity contribution in [3.63, 3.8) is 0 Å². The fraction of sp³-hybridized carbons (Fsp3) is 0.375. The SMILES string of the molecule is CCC(CNCc1ccc(C)cc1C)(NC(=O)CNC(=O)c1cccc(C(F)(F)F)c1)C(N)=O. The van der Waals surface area contributed by atoms with E-state index in [-0.39, 0.29) is 18.5 Å².